The summed E-state index contributed by atoms with van der Waals surface area (Å²) in [5.74, 6) is -0.357. The summed E-state index contributed by atoms with van der Waals surface area (Å²) in [6.45, 7) is 10.1. The third-order valence-electron chi connectivity index (χ3n) is 5.56. The van der Waals surface area contributed by atoms with Gasteiger partial charge >= 0.3 is 7.82 Å². The molecule has 3 heterocycles. The number of carbonyl (C=O) groups excluding carboxylic acids is 1. The summed E-state index contributed by atoms with van der Waals surface area (Å²) in [6.07, 6.45) is 6.83. The second-order valence-electron chi connectivity index (χ2n) is 9.77. The van der Waals surface area contributed by atoms with E-state index in [0.717, 1.165) is 16.7 Å². The van der Waals surface area contributed by atoms with Gasteiger partial charge < -0.3 is 14.8 Å². The second kappa shape index (κ2) is 10.9. The summed E-state index contributed by atoms with van der Waals surface area (Å²) in [5.41, 5.74) is 3.49. The Kier molecular flexibility index (Phi) is 7.82. The standard InChI is InChI=1S/C28H28N5O5P/c1-6-26(34)32-23-11-21(14-30-16-23)22-12-24-25(20-9-7-8-19(10-20)13-29)17-33(27(24)31-15-22)18(2)37-39(35,36)38-28(3,4)5/h6-12,14-18H,1H2,2-5H3,(H,32,34)(H,35,36). The van der Waals surface area contributed by atoms with Gasteiger partial charge in [0.25, 0.3) is 0 Å². The molecule has 2 N–H and O–H groups in total. The third kappa shape index (κ3) is 6.66. The molecule has 0 saturated heterocycles. The minimum absolute atomic E-state index is 0.357. The lowest BCUT2D eigenvalue weighted by molar-refractivity contribution is -0.111. The molecule has 0 radical (unpaired) electrons. The van der Waals surface area contributed by atoms with Crippen LogP contribution < -0.4 is 5.32 Å². The highest BCUT2D eigenvalue weighted by atomic mass is 31.2. The lowest BCUT2D eigenvalue weighted by Crippen LogP contribution is -2.19. The summed E-state index contributed by atoms with van der Waals surface area (Å²) in [7, 11) is -4.41. The molecule has 0 aliphatic carbocycles. The first-order chi connectivity index (χ1) is 18.4. The molecule has 0 fully saturated rings. The van der Waals surface area contributed by atoms with Crippen molar-refractivity contribution in [3.05, 3.63) is 79.4 Å². The molecular formula is C28H28N5O5P. The molecule has 3 aromatic heterocycles. The molecule has 0 aliphatic heterocycles. The van der Waals surface area contributed by atoms with Crippen LogP contribution in [0.3, 0.4) is 0 Å². The Morgan fingerprint density at radius 3 is 2.64 bits per heavy atom. The van der Waals surface area contributed by atoms with Gasteiger partial charge in [0.2, 0.25) is 5.91 Å². The SMILES string of the molecule is C=CC(=O)Nc1cncc(-c2cnc3c(c2)c(-c2cccc(C#N)c2)cn3C(C)OP(=O)(O)OC(C)(C)C)c1. The fraction of sp³-hybridized carbons (Fsp3) is 0.214. The molecule has 0 bridgehead atoms. The van der Waals surface area contributed by atoms with Crippen molar-refractivity contribution < 1.29 is 23.3 Å². The first-order valence-corrected chi connectivity index (χ1v) is 13.5. The maximum absolute atomic E-state index is 12.7. The number of aromatic nitrogens is 3. The van der Waals surface area contributed by atoms with Crippen molar-refractivity contribution in [1.29, 1.82) is 5.26 Å². The number of nitrogens with one attached hydrogen (secondary N) is 1. The second-order valence-corrected chi connectivity index (χ2v) is 11.1. The number of fused-ring (bicyclic) bond motifs is 1. The molecule has 11 heteroatoms. The Balaban J connectivity index is 1.83. The van der Waals surface area contributed by atoms with Crippen LogP contribution in [-0.2, 0) is 18.4 Å². The van der Waals surface area contributed by atoms with Crippen molar-refractivity contribution in [3.8, 4) is 28.3 Å². The normalized spacial score (nSPS) is 13.8. The molecule has 0 saturated carbocycles. The zero-order valence-electron chi connectivity index (χ0n) is 22.0. The molecule has 39 heavy (non-hydrogen) atoms. The third-order valence-corrected chi connectivity index (χ3v) is 6.91. The maximum Gasteiger partial charge on any atom is 0.474 e. The number of phosphoric ester groups is 1. The number of nitrogens with zero attached hydrogens (tertiary/aromatic N) is 4. The molecule has 4 rings (SSSR count). The van der Waals surface area contributed by atoms with E-state index in [9.17, 15) is 19.5 Å². The predicted molar refractivity (Wildman–Crippen MR) is 148 cm³/mol. The highest BCUT2D eigenvalue weighted by molar-refractivity contribution is 7.47. The summed E-state index contributed by atoms with van der Waals surface area (Å²) < 4.78 is 25.0. The molecular weight excluding hydrogens is 517 g/mol. The molecule has 2 atom stereocenters. The van der Waals surface area contributed by atoms with E-state index in [1.54, 1.807) is 75.1 Å². The van der Waals surface area contributed by atoms with Crippen molar-refractivity contribution in [2.75, 3.05) is 5.32 Å². The first-order valence-electron chi connectivity index (χ1n) is 12.0. The van der Waals surface area contributed by atoms with E-state index in [4.69, 9.17) is 9.05 Å². The smallest absolute Gasteiger partial charge is 0.321 e. The highest BCUT2D eigenvalue weighted by Gasteiger charge is 2.32. The molecule has 0 aliphatic rings. The van der Waals surface area contributed by atoms with Gasteiger partial charge in [-0.25, -0.2) is 9.55 Å². The number of hydrogen-bond donors (Lipinski definition) is 2. The Morgan fingerprint density at radius 2 is 1.95 bits per heavy atom. The Labute approximate surface area is 226 Å². The van der Waals surface area contributed by atoms with Crippen LogP contribution in [0.25, 0.3) is 33.3 Å². The average molecular weight is 546 g/mol. The number of phosphoric acid groups is 1. The molecule has 200 valence electrons. The number of hydrogen-bond acceptors (Lipinski definition) is 7. The lowest BCUT2D eigenvalue weighted by atomic mass is 10.0. The van der Waals surface area contributed by atoms with Crippen LogP contribution in [0, 0.1) is 11.3 Å². The van der Waals surface area contributed by atoms with Gasteiger partial charge in [-0.1, -0.05) is 18.7 Å². The van der Waals surface area contributed by atoms with Gasteiger partial charge in [0.05, 0.1) is 29.1 Å². The van der Waals surface area contributed by atoms with Gasteiger partial charge in [-0.15, -0.1) is 0 Å². The lowest BCUT2D eigenvalue weighted by Gasteiger charge is -2.25. The first kappa shape index (κ1) is 27.9. The van der Waals surface area contributed by atoms with Gasteiger partial charge in [0.1, 0.15) is 11.9 Å². The molecule has 2 unspecified atom stereocenters. The van der Waals surface area contributed by atoms with Crippen LogP contribution in [0.15, 0.2) is 73.8 Å². The average Bonchev–Trinajstić information content (AvgIpc) is 3.26. The number of amides is 1. The Hall–Kier alpha value is -4.13. The number of rotatable bonds is 8. The van der Waals surface area contributed by atoms with Gasteiger partial charge in [-0.3, -0.25) is 18.8 Å². The minimum atomic E-state index is -4.41. The largest absolute Gasteiger partial charge is 0.474 e. The molecule has 1 aromatic carbocycles. The zero-order chi connectivity index (χ0) is 28.4. The summed E-state index contributed by atoms with van der Waals surface area (Å²) in [4.78, 5) is 31.0. The summed E-state index contributed by atoms with van der Waals surface area (Å²) in [6, 6.07) is 12.9. The minimum Gasteiger partial charge on any atom is -0.321 e. The van der Waals surface area contributed by atoms with Crippen molar-refractivity contribution in [1.82, 2.24) is 14.5 Å². The summed E-state index contributed by atoms with van der Waals surface area (Å²) in [5, 5.41) is 12.8. The number of anilines is 1. The monoisotopic (exact) mass is 545 g/mol. The van der Waals surface area contributed by atoms with E-state index in [-0.39, 0.29) is 5.91 Å². The van der Waals surface area contributed by atoms with E-state index >= 15 is 0 Å². The zero-order valence-corrected chi connectivity index (χ0v) is 22.8. The van der Waals surface area contributed by atoms with Gasteiger partial charge in [0, 0.05) is 40.7 Å². The van der Waals surface area contributed by atoms with E-state index in [1.807, 2.05) is 12.1 Å². The Bertz CT molecular complexity index is 1650. The van der Waals surface area contributed by atoms with Crippen LogP contribution in [0.5, 0.6) is 0 Å². The van der Waals surface area contributed by atoms with Crippen molar-refractivity contribution in [2.45, 2.75) is 39.5 Å². The van der Waals surface area contributed by atoms with E-state index < -0.39 is 19.7 Å². The highest BCUT2D eigenvalue weighted by Crippen LogP contribution is 2.50. The number of pyridine rings is 2. The fourth-order valence-corrected chi connectivity index (χ4v) is 5.25. The van der Waals surface area contributed by atoms with Gasteiger partial charge in [0.15, 0.2) is 0 Å². The van der Waals surface area contributed by atoms with Crippen LogP contribution in [0.1, 0.15) is 39.5 Å². The van der Waals surface area contributed by atoms with E-state index in [2.05, 4.69) is 27.9 Å². The van der Waals surface area contributed by atoms with Gasteiger partial charge in [-0.2, -0.15) is 5.26 Å². The number of carbonyl (C=O) groups is 1. The van der Waals surface area contributed by atoms with E-state index in [0.29, 0.717) is 27.8 Å². The topological polar surface area (TPSA) is 139 Å². The van der Waals surface area contributed by atoms with Crippen molar-refractivity contribution in [3.63, 3.8) is 0 Å². The van der Waals surface area contributed by atoms with Crippen molar-refractivity contribution in [2.24, 2.45) is 0 Å². The molecule has 0 spiro atoms. The number of benzene rings is 1. The maximum atomic E-state index is 12.7. The van der Waals surface area contributed by atoms with Crippen LogP contribution in [0.2, 0.25) is 0 Å². The van der Waals surface area contributed by atoms with Crippen LogP contribution in [0.4, 0.5) is 5.69 Å². The fourth-order valence-electron chi connectivity index (χ4n) is 4.02. The van der Waals surface area contributed by atoms with Gasteiger partial charge in [-0.05, 0) is 63.6 Å². The number of nitriles is 1. The predicted octanol–water partition coefficient (Wildman–Crippen LogP) is 6.21. The van der Waals surface area contributed by atoms with Crippen LogP contribution in [-0.4, -0.2) is 30.9 Å². The molecule has 4 aromatic rings. The van der Waals surface area contributed by atoms with Crippen LogP contribution >= 0.6 is 7.82 Å². The Morgan fingerprint density at radius 1 is 1.21 bits per heavy atom. The quantitative estimate of drug-likeness (QED) is 0.197. The summed E-state index contributed by atoms with van der Waals surface area (Å²) >= 11 is 0. The molecule has 1 amide bonds. The van der Waals surface area contributed by atoms with E-state index in [1.165, 1.54) is 12.3 Å². The molecule has 10 nitrogen and oxygen atoms in total. The van der Waals surface area contributed by atoms with Crippen molar-refractivity contribution >= 4 is 30.5 Å².